The van der Waals surface area contributed by atoms with Crippen LogP contribution in [-0.2, 0) is 6.54 Å². The summed E-state index contributed by atoms with van der Waals surface area (Å²) in [6, 6.07) is 6.00. The van der Waals surface area contributed by atoms with Gasteiger partial charge in [-0.25, -0.2) is 4.39 Å². The molecule has 1 aromatic rings. The Balaban J connectivity index is 1.49. The molecule has 0 aliphatic carbocycles. The van der Waals surface area contributed by atoms with Crippen LogP contribution in [0.15, 0.2) is 22.7 Å². The molecule has 0 unspecified atom stereocenters. The van der Waals surface area contributed by atoms with Crippen molar-refractivity contribution < 1.29 is 4.39 Å². The van der Waals surface area contributed by atoms with Gasteiger partial charge in [0.05, 0.1) is 4.47 Å². The van der Waals surface area contributed by atoms with Gasteiger partial charge in [-0.05, 0) is 33.6 Å². The number of likely N-dealkylation sites (tertiary alicyclic amines) is 1. The molecule has 2 saturated heterocycles. The maximum atomic E-state index is 13.2. The largest absolute Gasteiger partial charge is 0.314 e. The minimum absolute atomic E-state index is 0.189. The third-order valence-corrected chi connectivity index (χ3v) is 4.60. The monoisotopic (exact) mass is 327 g/mol. The van der Waals surface area contributed by atoms with Gasteiger partial charge in [0, 0.05) is 51.9 Å². The smallest absolute Gasteiger partial charge is 0.137 e. The summed E-state index contributed by atoms with van der Waals surface area (Å²) in [7, 11) is 0. The maximum Gasteiger partial charge on any atom is 0.137 e. The summed E-state index contributed by atoms with van der Waals surface area (Å²) >= 11 is 3.24. The number of nitrogens with one attached hydrogen (secondary N) is 1. The Labute approximate surface area is 121 Å². The lowest BCUT2D eigenvalue weighted by Gasteiger charge is -2.46. The van der Waals surface area contributed by atoms with E-state index in [0.29, 0.717) is 10.5 Å². The van der Waals surface area contributed by atoms with E-state index in [-0.39, 0.29) is 5.82 Å². The van der Waals surface area contributed by atoms with E-state index in [2.05, 4.69) is 31.0 Å². The van der Waals surface area contributed by atoms with E-state index in [9.17, 15) is 4.39 Å². The molecule has 3 nitrogen and oxygen atoms in total. The normalized spacial score (nSPS) is 22.4. The average Bonchev–Trinajstić information content (AvgIpc) is 2.38. The molecule has 2 fully saturated rings. The number of rotatable bonds is 3. The zero-order chi connectivity index (χ0) is 13.2. The highest BCUT2D eigenvalue weighted by atomic mass is 79.9. The molecule has 2 aliphatic rings. The second-order valence-corrected chi connectivity index (χ2v) is 6.24. The molecule has 0 saturated carbocycles. The Morgan fingerprint density at radius 1 is 1.26 bits per heavy atom. The van der Waals surface area contributed by atoms with Gasteiger partial charge < -0.3 is 5.32 Å². The molecule has 0 aromatic heterocycles. The highest BCUT2D eigenvalue weighted by molar-refractivity contribution is 9.10. The summed E-state index contributed by atoms with van der Waals surface area (Å²) in [6.45, 7) is 7.75. The Kier molecular flexibility index (Phi) is 4.17. The Morgan fingerprint density at radius 2 is 2.00 bits per heavy atom. The molecule has 3 rings (SSSR count). The van der Waals surface area contributed by atoms with Crippen LogP contribution in [0.4, 0.5) is 4.39 Å². The van der Waals surface area contributed by atoms with Crippen LogP contribution in [0.1, 0.15) is 5.56 Å². The fourth-order valence-electron chi connectivity index (χ4n) is 2.85. The SMILES string of the molecule is Fc1ccc(CN2CC(N3CCNCC3)C2)cc1Br. The quantitative estimate of drug-likeness (QED) is 0.911. The van der Waals surface area contributed by atoms with Crippen LogP contribution in [0.3, 0.4) is 0 Å². The van der Waals surface area contributed by atoms with Gasteiger partial charge >= 0.3 is 0 Å². The lowest BCUT2D eigenvalue weighted by molar-refractivity contribution is 0.0223. The van der Waals surface area contributed by atoms with Crippen molar-refractivity contribution in [3.05, 3.63) is 34.1 Å². The summed E-state index contributed by atoms with van der Waals surface area (Å²) in [5, 5.41) is 3.38. The number of halogens is 2. The van der Waals surface area contributed by atoms with Crippen molar-refractivity contribution in [1.82, 2.24) is 15.1 Å². The molecular formula is C14H19BrFN3. The van der Waals surface area contributed by atoms with Crippen LogP contribution in [0.25, 0.3) is 0 Å². The molecule has 19 heavy (non-hydrogen) atoms. The summed E-state index contributed by atoms with van der Waals surface area (Å²) in [6.07, 6.45) is 0. The van der Waals surface area contributed by atoms with E-state index >= 15 is 0 Å². The molecule has 2 heterocycles. The lowest BCUT2D eigenvalue weighted by Crippen LogP contribution is -2.62. The van der Waals surface area contributed by atoms with Crippen LogP contribution < -0.4 is 5.32 Å². The Morgan fingerprint density at radius 3 is 2.68 bits per heavy atom. The number of benzene rings is 1. The Bertz CT molecular complexity index is 442. The van der Waals surface area contributed by atoms with Gasteiger partial charge in [-0.3, -0.25) is 9.80 Å². The highest BCUT2D eigenvalue weighted by Crippen LogP contribution is 2.21. The third kappa shape index (κ3) is 3.16. The average molecular weight is 328 g/mol. The number of piperazine rings is 1. The molecule has 0 spiro atoms. The van der Waals surface area contributed by atoms with Crippen LogP contribution in [0.5, 0.6) is 0 Å². The maximum absolute atomic E-state index is 13.2. The molecule has 0 radical (unpaired) electrons. The van der Waals surface area contributed by atoms with Crippen molar-refractivity contribution in [2.75, 3.05) is 39.3 Å². The van der Waals surface area contributed by atoms with E-state index in [0.717, 1.165) is 32.7 Å². The highest BCUT2D eigenvalue weighted by Gasteiger charge is 2.31. The fraction of sp³-hybridized carbons (Fsp3) is 0.571. The van der Waals surface area contributed by atoms with Gasteiger partial charge in [-0.15, -0.1) is 0 Å². The molecule has 0 atom stereocenters. The second-order valence-electron chi connectivity index (χ2n) is 5.38. The molecule has 0 amide bonds. The van der Waals surface area contributed by atoms with Crippen LogP contribution in [0, 0.1) is 5.82 Å². The first-order chi connectivity index (χ1) is 9.22. The molecule has 5 heteroatoms. The zero-order valence-corrected chi connectivity index (χ0v) is 12.5. The van der Waals surface area contributed by atoms with Gasteiger partial charge in [0.15, 0.2) is 0 Å². The van der Waals surface area contributed by atoms with Crippen LogP contribution in [0.2, 0.25) is 0 Å². The minimum Gasteiger partial charge on any atom is -0.314 e. The predicted octanol–water partition coefficient (Wildman–Crippen LogP) is 1.68. The number of hydrogen-bond donors (Lipinski definition) is 1. The van der Waals surface area contributed by atoms with Crippen molar-refractivity contribution in [3.8, 4) is 0 Å². The van der Waals surface area contributed by atoms with E-state index in [1.807, 2.05) is 12.1 Å². The van der Waals surface area contributed by atoms with Gasteiger partial charge in [0.1, 0.15) is 5.82 Å². The van der Waals surface area contributed by atoms with Crippen molar-refractivity contribution in [3.63, 3.8) is 0 Å². The molecule has 104 valence electrons. The van der Waals surface area contributed by atoms with Crippen molar-refractivity contribution >= 4 is 15.9 Å². The van der Waals surface area contributed by atoms with Gasteiger partial charge in [0.25, 0.3) is 0 Å². The van der Waals surface area contributed by atoms with Crippen LogP contribution >= 0.6 is 15.9 Å². The van der Waals surface area contributed by atoms with Crippen LogP contribution in [-0.4, -0.2) is 55.1 Å². The lowest BCUT2D eigenvalue weighted by atomic mass is 10.0. The topological polar surface area (TPSA) is 18.5 Å². The Hall–Kier alpha value is -0.490. The first-order valence-electron chi connectivity index (χ1n) is 6.83. The molecule has 2 aliphatic heterocycles. The zero-order valence-electron chi connectivity index (χ0n) is 10.9. The molecule has 0 bridgehead atoms. The summed E-state index contributed by atoms with van der Waals surface area (Å²) < 4.78 is 13.7. The van der Waals surface area contributed by atoms with E-state index in [1.54, 1.807) is 0 Å². The fourth-order valence-corrected chi connectivity index (χ4v) is 3.27. The van der Waals surface area contributed by atoms with E-state index in [4.69, 9.17) is 0 Å². The standard InChI is InChI=1S/C14H19BrFN3/c15-13-7-11(1-2-14(13)16)8-18-9-12(10-18)19-5-3-17-4-6-19/h1-2,7,12,17H,3-6,8-10H2. The van der Waals surface area contributed by atoms with E-state index in [1.165, 1.54) is 24.7 Å². The summed E-state index contributed by atoms with van der Waals surface area (Å²) in [4.78, 5) is 5.00. The molecule has 1 N–H and O–H groups in total. The first kappa shape index (κ1) is 13.5. The number of hydrogen-bond acceptors (Lipinski definition) is 3. The second kappa shape index (κ2) is 5.87. The van der Waals surface area contributed by atoms with Gasteiger partial charge in [-0.1, -0.05) is 6.07 Å². The first-order valence-corrected chi connectivity index (χ1v) is 7.63. The van der Waals surface area contributed by atoms with Crippen molar-refractivity contribution in [2.24, 2.45) is 0 Å². The molecular weight excluding hydrogens is 309 g/mol. The van der Waals surface area contributed by atoms with E-state index < -0.39 is 0 Å². The number of nitrogens with zero attached hydrogens (tertiary/aromatic N) is 2. The minimum atomic E-state index is -0.189. The summed E-state index contributed by atoms with van der Waals surface area (Å²) in [5.74, 6) is -0.189. The third-order valence-electron chi connectivity index (χ3n) is 4.00. The predicted molar refractivity (Wildman–Crippen MR) is 77.6 cm³/mol. The van der Waals surface area contributed by atoms with Gasteiger partial charge in [-0.2, -0.15) is 0 Å². The van der Waals surface area contributed by atoms with Crippen molar-refractivity contribution in [2.45, 2.75) is 12.6 Å². The summed E-state index contributed by atoms with van der Waals surface area (Å²) in [5.41, 5.74) is 1.17. The van der Waals surface area contributed by atoms with Crippen molar-refractivity contribution in [1.29, 1.82) is 0 Å². The molecule has 1 aromatic carbocycles. The van der Waals surface area contributed by atoms with Gasteiger partial charge in [0.2, 0.25) is 0 Å².